The Balaban J connectivity index is 2.03. The number of rotatable bonds is 13. The normalized spacial score (nSPS) is 12.0. The monoisotopic (exact) mass is 691 g/mol. The quantitative estimate of drug-likeness (QED) is 0.228. The SMILES string of the molecule is CCCCNC(=O)C(Cc1ccccc1)N(Cc1ccc(Br)cc1)C(=O)CN(c1ccc(Br)c(C)c1)S(C)(=O)=O. The second-order valence-electron chi connectivity index (χ2n) is 9.70. The minimum atomic E-state index is -3.81. The molecule has 214 valence electrons. The van der Waals surface area contributed by atoms with Gasteiger partial charge in [-0.1, -0.05) is 87.7 Å². The summed E-state index contributed by atoms with van der Waals surface area (Å²) in [4.78, 5) is 29.2. The van der Waals surface area contributed by atoms with Gasteiger partial charge in [0.05, 0.1) is 11.9 Å². The molecule has 0 heterocycles. The van der Waals surface area contributed by atoms with Crippen LogP contribution in [0.2, 0.25) is 0 Å². The highest BCUT2D eigenvalue weighted by Gasteiger charge is 2.33. The molecule has 0 spiro atoms. The lowest BCUT2D eigenvalue weighted by Gasteiger charge is -2.33. The van der Waals surface area contributed by atoms with Gasteiger partial charge in [0.25, 0.3) is 0 Å². The molecule has 0 saturated carbocycles. The van der Waals surface area contributed by atoms with E-state index in [1.165, 1.54) is 4.90 Å². The molecule has 3 aromatic rings. The molecule has 3 rings (SSSR count). The fourth-order valence-electron chi connectivity index (χ4n) is 4.24. The molecule has 0 saturated heterocycles. The summed E-state index contributed by atoms with van der Waals surface area (Å²) in [5.41, 5.74) is 2.94. The Morgan fingerprint density at radius 2 is 1.62 bits per heavy atom. The van der Waals surface area contributed by atoms with Gasteiger partial charge in [-0.05, 0) is 60.4 Å². The van der Waals surface area contributed by atoms with Crippen LogP contribution in [0.25, 0.3) is 0 Å². The van der Waals surface area contributed by atoms with E-state index in [4.69, 9.17) is 0 Å². The second kappa shape index (κ2) is 14.8. The van der Waals surface area contributed by atoms with Crippen molar-refractivity contribution in [3.05, 3.63) is 98.4 Å². The van der Waals surface area contributed by atoms with Gasteiger partial charge >= 0.3 is 0 Å². The Morgan fingerprint density at radius 1 is 0.950 bits per heavy atom. The zero-order valence-electron chi connectivity index (χ0n) is 22.9. The van der Waals surface area contributed by atoms with Gasteiger partial charge in [0, 0.05) is 28.5 Å². The van der Waals surface area contributed by atoms with Crippen molar-refractivity contribution in [3.63, 3.8) is 0 Å². The summed E-state index contributed by atoms with van der Waals surface area (Å²) in [6, 6.07) is 21.3. The Morgan fingerprint density at radius 3 is 2.23 bits per heavy atom. The second-order valence-corrected chi connectivity index (χ2v) is 13.4. The number of aryl methyl sites for hydroxylation is 1. The predicted molar refractivity (Wildman–Crippen MR) is 168 cm³/mol. The van der Waals surface area contributed by atoms with E-state index < -0.39 is 28.5 Å². The van der Waals surface area contributed by atoms with Crippen molar-refractivity contribution < 1.29 is 18.0 Å². The van der Waals surface area contributed by atoms with Crippen LogP contribution in [0.4, 0.5) is 5.69 Å². The highest BCUT2D eigenvalue weighted by atomic mass is 79.9. The third-order valence-corrected chi connectivity index (χ3v) is 9.03. The van der Waals surface area contributed by atoms with E-state index in [1.807, 2.05) is 68.4 Å². The number of nitrogens with one attached hydrogen (secondary N) is 1. The molecule has 0 aromatic heterocycles. The largest absolute Gasteiger partial charge is 0.354 e. The van der Waals surface area contributed by atoms with Gasteiger partial charge in [0.15, 0.2) is 0 Å². The van der Waals surface area contributed by atoms with Gasteiger partial charge in [-0.3, -0.25) is 13.9 Å². The van der Waals surface area contributed by atoms with Crippen molar-refractivity contribution >= 4 is 59.4 Å². The summed E-state index contributed by atoms with van der Waals surface area (Å²) in [5.74, 6) is -0.742. The van der Waals surface area contributed by atoms with Crippen LogP contribution < -0.4 is 9.62 Å². The summed E-state index contributed by atoms with van der Waals surface area (Å²) >= 11 is 6.89. The summed E-state index contributed by atoms with van der Waals surface area (Å²) in [7, 11) is -3.81. The van der Waals surface area contributed by atoms with E-state index in [2.05, 4.69) is 37.2 Å². The Bertz CT molecular complexity index is 1400. The average Bonchev–Trinajstić information content (AvgIpc) is 2.92. The minimum Gasteiger partial charge on any atom is -0.354 e. The zero-order valence-corrected chi connectivity index (χ0v) is 26.9. The van der Waals surface area contributed by atoms with Crippen LogP contribution in [-0.4, -0.2) is 50.5 Å². The molecule has 0 radical (unpaired) electrons. The van der Waals surface area contributed by atoms with Crippen molar-refractivity contribution in [1.82, 2.24) is 10.2 Å². The van der Waals surface area contributed by atoms with Crippen LogP contribution in [-0.2, 0) is 32.6 Å². The maximum absolute atomic E-state index is 14.1. The van der Waals surface area contributed by atoms with E-state index >= 15 is 0 Å². The van der Waals surface area contributed by atoms with E-state index in [0.29, 0.717) is 12.2 Å². The van der Waals surface area contributed by atoms with Gasteiger partial charge in [0.2, 0.25) is 21.8 Å². The maximum atomic E-state index is 14.1. The van der Waals surface area contributed by atoms with Crippen LogP contribution in [0, 0.1) is 6.92 Å². The number of benzene rings is 3. The van der Waals surface area contributed by atoms with Gasteiger partial charge in [0.1, 0.15) is 12.6 Å². The van der Waals surface area contributed by atoms with Crippen LogP contribution >= 0.6 is 31.9 Å². The van der Waals surface area contributed by atoms with Crippen LogP contribution in [0.5, 0.6) is 0 Å². The lowest BCUT2D eigenvalue weighted by atomic mass is 10.0. The highest BCUT2D eigenvalue weighted by molar-refractivity contribution is 9.10. The molecule has 1 atom stereocenters. The zero-order chi connectivity index (χ0) is 29.3. The summed E-state index contributed by atoms with van der Waals surface area (Å²) < 4.78 is 28.6. The van der Waals surface area contributed by atoms with Crippen LogP contribution in [0.3, 0.4) is 0 Å². The van der Waals surface area contributed by atoms with Gasteiger partial charge in [-0.2, -0.15) is 0 Å². The maximum Gasteiger partial charge on any atom is 0.244 e. The number of carbonyl (C=O) groups is 2. The van der Waals surface area contributed by atoms with Crippen molar-refractivity contribution in [2.24, 2.45) is 0 Å². The van der Waals surface area contributed by atoms with Gasteiger partial charge in [-0.25, -0.2) is 8.42 Å². The van der Waals surface area contributed by atoms with Crippen LogP contribution in [0.15, 0.2) is 81.7 Å². The van der Waals surface area contributed by atoms with E-state index in [-0.39, 0.29) is 18.9 Å². The van der Waals surface area contributed by atoms with Crippen molar-refractivity contribution in [3.8, 4) is 0 Å². The Labute approximate surface area is 254 Å². The number of hydrogen-bond acceptors (Lipinski definition) is 4. The average molecular weight is 694 g/mol. The molecule has 0 aliphatic heterocycles. The molecule has 2 amide bonds. The molecule has 0 bridgehead atoms. The first-order valence-electron chi connectivity index (χ1n) is 13.1. The van der Waals surface area contributed by atoms with Gasteiger partial charge < -0.3 is 10.2 Å². The fourth-order valence-corrected chi connectivity index (χ4v) is 5.60. The number of anilines is 1. The molecular formula is C30H35Br2N3O4S. The number of sulfonamides is 1. The molecule has 3 aromatic carbocycles. The Kier molecular flexibility index (Phi) is 11.8. The number of carbonyl (C=O) groups excluding carboxylic acids is 2. The molecular weight excluding hydrogens is 658 g/mol. The lowest BCUT2D eigenvalue weighted by Crippen LogP contribution is -2.53. The third-order valence-electron chi connectivity index (χ3n) is 6.48. The van der Waals surface area contributed by atoms with Gasteiger partial charge in [-0.15, -0.1) is 0 Å². The molecule has 0 fully saturated rings. The van der Waals surface area contributed by atoms with E-state index in [9.17, 15) is 18.0 Å². The topological polar surface area (TPSA) is 86.8 Å². The smallest absolute Gasteiger partial charge is 0.244 e. The number of nitrogens with zero attached hydrogens (tertiary/aromatic N) is 2. The van der Waals surface area contributed by atoms with Crippen molar-refractivity contribution in [2.75, 3.05) is 23.7 Å². The summed E-state index contributed by atoms with van der Waals surface area (Å²) in [5, 5.41) is 2.99. The number of amides is 2. The predicted octanol–water partition coefficient (Wildman–Crippen LogP) is 5.84. The Hall–Kier alpha value is -2.69. The van der Waals surface area contributed by atoms with Crippen molar-refractivity contribution in [2.45, 2.75) is 45.7 Å². The molecule has 10 heteroatoms. The summed E-state index contributed by atoms with van der Waals surface area (Å²) in [6.45, 7) is 4.09. The molecule has 1 unspecified atom stereocenters. The number of unbranched alkanes of at least 4 members (excludes halogenated alkanes) is 1. The van der Waals surface area contributed by atoms with Crippen LogP contribution in [0.1, 0.15) is 36.5 Å². The number of hydrogen-bond donors (Lipinski definition) is 1. The first kappa shape index (κ1) is 31.8. The fraction of sp³-hybridized carbons (Fsp3) is 0.333. The molecule has 40 heavy (non-hydrogen) atoms. The van der Waals surface area contributed by atoms with E-state index in [1.54, 1.807) is 18.2 Å². The molecule has 0 aliphatic rings. The highest BCUT2D eigenvalue weighted by Crippen LogP contribution is 2.25. The summed E-state index contributed by atoms with van der Waals surface area (Å²) in [6.07, 6.45) is 3.10. The van der Waals surface area contributed by atoms with Crippen molar-refractivity contribution in [1.29, 1.82) is 0 Å². The first-order chi connectivity index (χ1) is 19.0. The number of halogens is 2. The third kappa shape index (κ3) is 9.17. The first-order valence-corrected chi connectivity index (χ1v) is 16.5. The standard InChI is InChI=1S/C30H35Br2N3O4S/c1-4-5-17-33-30(37)28(19-23-9-7-6-8-10-23)34(20-24-11-13-25(31)14-12-24)29(36)21-35(40(3,38)39)26-15-16-27(32)22(2)18-26/h6-16,18,28H,4-5,17,19-21H2,1-3H3,(H,33,37). The molecule has 1 N–H and O–H groups in total. The van der Waals surface area contributed by atoms with E-state index in [0.717, 1.165) is 49.0 Å². The minimum absolute atomic E-state index is 0.141. The lowest BCUT2D eigenvalue weighted by molar-refractivity contribution is -0.140. The molecule has 7 nitrogen and oxygen atoms in total. The molecule has 0 aliphatic carbocycles.